The highest BCUT2D eigenvalue weighted by atomic mass is 127. The number of oxazole rings is 1. The van der Waals surface area contributed by atoms with E-state index in [1.54, 1.807) is 7.05 Å². The minimum Gasteiger partial charge on any atom is -0.444 e. The van der Waals surface area contributed by atoms with Crippen LogP contribution >= 0.6 is 24.0 Å². The Balaban J connectivity index is 0.00000243. The molecule has 3 aromatic heterocycles. The van der Waals surface area contributed by atoms with E-state index in [4.69, 9.17) is 4.42 Å². The SMILES string of the molecule is CN=C(NCCCc1nnc2ccccn12)NCc1nc(C)c(C)o1.I. The number of hydrogen-bond acceptors (Lipinski definition) is 5. The van der Waals surface area contributed by atoms with E-state index in [9.17, 15) is 0 Å². The maximum absolute atomic E-state index is 5.55. The molecule has 0 aliphatic carbocycles. The lowest BCUT2D eigenvalue weighted by Gasteiger charge is -2.10. The maximum atomic E-state index is 5.55. The lowest BCUT2D eigenvalue weighted by Crippen LogP contribution is -2.37. The molecule has 26 heavy (non-hydrogen) atoms. The number of aromatic nitrogens is 4. The highest BCUT2D eigenvalue weighted by Gasteiger charge is 2.07. The van der Waals surface area contributed by atoms with Crippen molar-refractivity contribution in [2.75, 3.05) is 13.6 Å². The Morgan fingerprint density at radius 2 is 2.08 bits per heavy atom. The molecule has 2 N–H and O–H groups in total. The third-order valence-electron chi connectivity index (χ3n) is 3.96. The standard InChI is InChI=1S/C17H23N7O.HI/c1-12-13(2)25-16(21-12)11-20-17(18-3)19-9-6-8-15-23-22-14-7-4-5-10-24(14)15;/h4-5,7,10H,6,8-9,11H2,1-3H3,(H2,18,19,20);1H. The molecule has 0 spiro atoms. The van der Waals surface area contributed by atoms with Gasteiger partial charge in [-0.25, -0.2) is 4.98 Å². The minimum absolute atomic E-state index is 0. The molecular weight excluding hydrogens is 445 g/mol. The average Bonchev–Trinajstić information content (AvgIpc) is 3.18. The zero-order chi connectivity index (χ0) is 17.6. The number of guanidine groups is 1. The van der Waals surface area contributed by atoms with E-state index in [0.717, 1.165) is 48.3 Å². The van der Waals surface area contributed by atoms with Gasteiger partial charge in [-0.05, 0) is 32.4 Å². The van der Waals surface area contributed by atoms with Gasteiger partial charge in [0, 0.05) is 26.2 Å². The summed E-state index contributed by atoms with van der Waals surface area (Å²) in [6, 6.07) is 5.89. The molecule has 0 saturated heterocycles. The quantitative estimate of drug-likeness (QED) is 0.249. The maximum Gasteiger partial charge on any atom is 0.214 e. The van der Waals surface area contributed by atoms with E-state index >= 15 is 0 Å². The van der Waals surface area contributed by atoms with Crippen LogP contribution in [0.4, 0.5) is 0 Å². The Morgan fingerprint density at radius 1 is 1.23 bits per heavy atom. The van der Waals surface area contributed by atoms with Crippen molar-refractivity contribution in [2.45, 2.75) is 33.2 Å². The summed E-state index contributed by atoms with van der Waals surface area (Å²) >= 11 is 0. The molecule has 9 heteroatoms. The molecule has 0 bridgehead atoms. The second-order valence-corrected chi connectivity index (χ2v) is 5.75. The summed E-state index contributed by atoms with van der Waals surface area (Å²) in [5, 5.41) is 14.9. The van der Waals surface area contributed by atoms with Crippen molar-refractivity contribution < 1.29 is 4.42 Å². The third kappa shape index (κ3) is 4.93. The van der Waals surface area contributed by atoms with Gasteiger partial charge >= 0.3 is 0 Å². The van der Waals surface area contributed by atoms with Crippen molar-refractivity contribution in [3.63, 3.8) is 0 Å². The molecule has 0 aliphatic heterocycles. The van der Waals surface area contributed by atoms with Gasteiger partial charge in [-0.3, -0.25) is 9.39 Å². The zero-order valence-electron chi connectivity index (χ0n) is 15.2. The molecule has 0 fully saturated rings. The zero-order valence-corrected chi connectivity index (χ0v) is 17.5. The molecule has 0 unspecified atom stereocenters. The highest BCUT2D eigenvalue weighted by molar-refractivity contribution is 14.0. The smallest absolute Gasteiger partial charge is 0.214 e. The highest BCUT2D eigenvalue weighted by Crippen LogP contribution is 2.07. The normalized spacial score (nSPS) is 11.4. The predicted octanol–water partition coefficient (Wildman–Crippen LogP) is 2.25. The van der Waals surface area contributed by atoms with Gasteiger partial charge in [0.25, 0.3) is 0 Å². The van der Waals surface area contributed by atoms with Crippen LogP contribution in [-0.4, -0.2) is 39.1 Å². The van der Waals surface area contributed by atoms with E-state index in [-0.39, 0.29) is 24.0 Å². The summed E-state index contributed by atoms with van der Waals surface area (Å²) in [5.74, 6) is 3.19. The minimum atomic E-state index is 0. The van der Waals surface area contributed by atoms with Gasteiger partial charge in [0.2, 0.25) is 5.89 Å². The molecule has 0 amide bonds. The van der Waals surface area contributed by atoms with E-state index in [2.05, 4.69) is 30.8 Å². The van der Waals surface area contributed by atoms with Crippen molar-refractivity contribution in [3.05, 3.63) is 47.6 Å². The Kier molecular flexibility index (Phi) is 7.37. The number of halogens is 1. The van der Waals surface area contributed by atoms with Crippen LogP contribution in [0.25, 0.3) is 5.65 Å². The largest absolute Gasteiger partial charge is 0.444 e. The molecule has 3 aromatic rings. The number of nitrogens with zero attached hydrogens (tertiary/aromatic N) is 5. The number of aliphatic imine (C=N–C) groups is 1. The number of aryl methyl sites for hydroxylation is 3. The van der Waals surface area contributed by atoms with Gasteiger partial charge in [0.1, 0.15) is 11.6 Å². The lowest BCUT2D eigenvalue weighted by molar-refractivity contribution is 0.463. The molecule has 0 aromatic carbocycles. The van der Waals surface area contributed by atoms with E-state index < -0.39 is 0 Å². The van der Waals surface area contributed by atoms with Crippen molar-refractivity contribution in [3.8, 4) is 0 Å². The summed E-state index contributed by atoms with van der Waals surface area (Å²) in [6.07, 6.45) is 3.75. The number of rotatable bonds is 6. The fraction of sp³-hybridized carbons (Fsp3) is 0.412. The van der Waals surface area contributed by atoms with Crippen LogP contribution in [0.1, 0.15) is 29.6 Å². The fourth-order valence-electron chi connectivity index (χ4n) is 2.51. The molecule has 3 rings (SSSR count). The molecule has 140 valence electrons. The fourth-order valence-corrected chi connectivity index (χ4v) is 2.51. The Labute approximate surface area is 169 Å². The van der Waals surface area contributed by atoms with Crippen molar-refractivity contribution in [1.29, 1.82) is 0 Å². The van der Waals surface area contributed by atoms with Gasteiger partial charge in [0.05, 0.1) is 12.2 Å². The van der Waals surface area contributed by atoms with Gasteiger partial charge < -0.3 is 15.1 Å². The molecule has 0 atom stereocenters. The average molecular weight is 469 g/mol. The van der Waals surface area contributed by atoms with Gasteiger partial charge in [-0.15, -0.1) is 34.2 Å². The molecule has 0 saturated carbocycles. The first kappa shape index (κ1) is 20.1. The first-order chi connectivity index (χ1) is 12.2. The number of fused-ring (bicyclic) bond motifs is 1. The summed E-state index contributed by atoms with van der Waals surface area (Å²) in [6.45, 7) is 5.13. The van der Waals surface area contributed by atoms with Crippen LogP contribution in [-0.2, 0) is 13.0 Å². The topological polar surface area (TPSA) is 92.6 Å². The molecule has 3 heterocycles. The first-order valence-electron chi connectivity index (χ1n) is 8.33. The van der Waals surface area contributed by atoms with E-state index in [0.29, 0.717) is 12.4 Å². The number of nitrogens with one attached hydrogen (secondary N) is 2. The number of hydrogen-bond donors (Lipinski definition) is 2. The third-order valence-corrected chi connectivity index (χ3v) is 3.96. The molecular formula is C17H24IN7O. The van der Waals surface area contributed by atoms with Crippen LogP contribution in [0.2, 0.25) is 0 Å². The lowest BCUT2D eigenvalue weighted by atomic mass is 10.3. The number of pyridine rings is 1. The van der Waals surface area contributed by atoms with Crippen LogP contribution in [0.15, 0.2) is 33.8 Å². The van der Waals surface area contributed by atoms with E-state index in [1.807, 2.05) is 42.6 Å². The second-order valence-electron chi connectivity index (χ2n) is 5.75. The summed E-state index contributed by atoms with van der Waals surface area (Å²) in [7, 11) is 1.74. The van der Waals surface area contributed by atoms with Crippen LogP contribution in [0.3, 0.4) is 0 Å². The predicted molar refractivity (Wildman–Crippen MR) is 111 cm³/mol. The second kappa shape index (κ2) is 9.51. The summed E-state index contributed by atoms with van der Waals surface area (Å²) in [5.41, 5.74) is 1.79. The Bertz CT molecular complexity index is 852. The Morgan fingerprint density at radius 3 is 2.81 bits per heavy atom. The summed E-state index contributed by atoms with van der Waals surface area (Å²) in [4.78, 5) is 8.55. The van der Waals surface area contributed by atoms with Crippen molar-refractivity contribution in [1.82, 2.24) is 30.2 Å². The first-order valence-corrected chi connectivity index (χ1v) is 8.33. The van der Waals surface area contributed by atoms with Gasteiger partial charge in [-0.2, -0.15) is 0 Å². The van der Waals surface area contributed by atoms with Crippen LogP contribution in [0.5, 0.6) is 0 Å². The van der Waals surface area contributed by atoms with Crippen molar-refractivity contribution in [2.24, 2.45) is 4.99 Å². The molecule has 0 aliphatic rings. The van der Waals surface area contributed by atoms with Crippen LogP contribution < -0.4 is 10.6 Å². The summed E-state index contributed by atoms with van der Waals surface area (Å²) < 4.78 is 7.56. The van der Waals surface area contributed by atoms with Gasteiger partial charge in [-0.1, -0.05) is 6.07 Å². The monoisotopic (exact) mass is 469 g/mol. The van der Waals surface area contributed by atoms with Crippen LogP contribution in [0, 0.1) is 13.8 Å². The van der Waals surface area contributed by atoms with E-state index in [1.165, 1.54) is 0 Å². The molecule has 0 radical (unpaired) electrons. The Hall–Kier alpha value is -2.17. The van der Waals surface area contributed by atoms with Crippen molar-refractivity contribution >= 4 is 35.6 Å². The van der Waals surface area contributed by atoms with Gasteiger partial charge in [0.15, 0.2) is 11.6 Å². The molecule has 8 nitrogen and oxygen atoms in total.